The number of benzene rings is 1. The van der Waals surface area contributed by atoms with Gasteiger partial charge in [-0.25, -0.2) is 10.5 Å². The number of likely N-dealkylation sites (tertiary alicyclic amines) is 1. The molecule has 0 spiro atoms. The van der Waals surface area contributed by atoms with E-state index in [0.717, 1.165) is 61.8 Å². The van der Waals surface area contributed by atoms with Crippen LogP contribution in [0.25, 0.3) is 0 Å². The van der Waals surface area contributed by atoms with Gasteiger partial charge in [0.2, 0.25) is 11.9 Å². The summed E-state index contributed by atoms with van der Waals surface area (Å²) >= 11 is 1.66. The van der Waals surface area contributed by atoms with Crippen molar-refractivity contribution in [3.8, 4) is 11.5 Å². The van der Waals surface area contributed by atoms with Crippen molar-refractivity contribution >= 4 is 16.5 Å². The van der Waals surface area contributed by atoms with Gasteiger partial charge in [-0.3, -0.25) is 9.74 Å². The number of aromatic nitrogens is 1. The van der Waals surface area contributed by atoms with E-state index in [1.807, 2.05) is 12.3 Å². The Bertz CT molecular complexity index is 877. The zero-order valence-electron chi connectivity index (χ0n) is 17.3. The molecule has 2 aromatic rings. The molecule has 2 fully saturated rings. The van der Waals surface area contributed by atoms with Crippen molar-refractivity contribution in [3.05, 3.63) is 34.8 Å². The number of nitrogens with one attached hydrogen (secondary N) is 1. The van der Waals surface area contributed by atoms with E-state index in [0.29, 0.717) is 19.4 Å². The Kier molecular flexibility index (Phi) is 5.58. The van der Waals surface area contributed by atoms with Crippen LogP contribution in [0.4, 0.5) is 5.13 Å². The number of ether oxygens (including phenoxy) is 2. The fraction of sp³-hybridized carbons (Fsp3) is 0.591. The standard InChI is InChI=1S/C22H29N3O4S/c1-2-17(25-9-5-16(26)6-10-25)20-12-23-21(30-20)24-29-13-22(7-8-22)15-3-4-18-19(11-15)28-14-27-18/h3-4,11-12,16-17,26H,2,5-10,13-14H2,1H3,(H,23,24). The summed E-state index contributed by atoms with van der Waals surface area (Å²) in [6.45, 7) is 4.99. The van der Waals surface area contributed by atoms with Gasteiger partial charge in [0, 0.05) is 35.6 Å². The third kappa shape index (κ3) is 4.01. The molecule has 0 amide bonds. The summed E-state index contributed by atoms with van der Waals surface area (Å²) in [5.74, 6) is 1.64. The molecule has 1 saturated heterocycles. The summed E-state index contributed by atoms with van der Waals surface area (Å²) in [5, 5.41) is 10.6. The minimum absolute atomic E-state index is 0.0503. The van der Waals surface area contributed by atoms with Gasteiger partial charge in [-0.05, 0) is 49.8 Å². The molecule has 1 atom stereocenters. The highest BCUT2D eigenvalue weighted by Crippen LogP contribution is 2.50. The maximum absolute atomic E-state index is 9.78. The number of aliphatic hydroxyl groups is 1. The van der Waals surface area contributed by atoms with Gasteiger partial charge in [-0.1, -0.05) is 24.3 Å². The van der Waals surface area contributed by atoms with Crippen LogP contribution in [-0.4, -0.2) is 47.6 Å². The van der Waals surface area contributed by atoms with E-state index < -0.39 is 0 Å². The van der Waals surface area contributed by atoms with Crippen molar-refractivity contribution in [2.45, 2.75) is 56.6 Å². The number of fused-ring (bicyclic) bond motifs is 1. The number of rotatable bonds is 8. The average molecular weight is 432 g/mol. The van der Waals surface area contributed by atoms with Gasteiger partial charge in [0.1, 0.15) is 0 Å². The fourth-order valence-corrected chi connectivity index (χ4v) is 5.44. The highest BCUT2D eigenvalue weighted by Gasteiger charge is 2.45. The number of thiazole rings is 1. The van der Waals surface area contributed by atoms with Crippen molar-refractivity contribution in [3.63, 3.8) is 0 Å². The van der Waals surface area contributed by atoms with Gasteiger partial charge in [-0.2, -0.15) is 0 Å². The molecule has 2 N–H and O–H groups in total. The molecule has 7 nitrogen and oxygen atoms in total. The van der Waals surface area contributed by atoms with E-state index in [4.69, 9.17) is 14.3 Å². The molecule has 1 unspecified atom stereocenters. The van der Waals surface area contributed by atoms with Crippen molar-refractivity contribution in [2.75, 3.05) is 32.0 Å². The first-order chi connectivity index (χ1) is 14.7. The molecule has 1 aromatic heterocycles. The van der Waals surface area contributed by atoms with Gasteiger partial charge in [0.15, 0.2) is 11.5 Å². The first-order valence-electron chi connectivity index (χ1n) is 10.8. The molecule has 30 heavy (non-hydrogen) atoms. The Morgan fingerprint density at radius 2 is 2.10 bits per heavy atom. The monoisotopic (exact) mass is 431 g/mol. The summed E-state index contributed by atoms with van der Waals surface area (Å²) in [6, 6.07) is 6.55. The lowest BCUT2D eigenvalue weighted by Crippen LogP contribution is -2.38. The second kappa shape index (κ2) is 8.34. The van der Waals surface area contributed by atoms with E-state index in [1.165, 1.54) is 10.4 Å². The highest BCUT2D eigenvalue weighted by molar-refractivity contribution is 7.15. The Morgan fingerprint density at radius 1 is 1.30 bits per heavy atom. The summed E-state index contributed by atoms with van der Waals surface area (Å²) in [7, 11) is 0. The van der Waals surface area contributed by atoms with Crippen LogP contribution in [0, 0.1) is 0 Å². The summed E-state index contributed by atoms with van der Waals surface area (Å²) in [5.41, 5.74) is 4.36. The number of aliphatic hydroxyl groups excluding tert-OH is 1. The second-order valence-corrected chi connectivity index (χ2v) is 9.56. The molecular weight excluding hydrogens is 402 g/mol. The molecule has 3 aliphatic rings. The molecule has 1 saturated carbocycles. The largest absolute Gasteiger partial charge is 0.454 e. The van der Waals surface area contributed by atoms with Crippen LogP contribution in [0.1, 0.15) is 55.5 Å². The third-order valence-electron chi connectivity index (χ3n) is 6.52. The van der Waals surface area contributed by atoms with Crippen LogP contribution in [0.5, 0.6) is 11.5 Å². The minimum atomic E-state index is -0.148. The van der Waals surface area contributed by atoms with Gasteiger partial charge in [0.25, 0.3) is 0 Å². The summed E-state index contributed by atoms with van der Waals surface area (Å²) in [4.78, 5) is 14.1. The van der Waals surface area contributed by atoms with Crippen LogP contribution in [-0.2, 0) is 10.3 Å². The number of nitrogens with zero attached hydrogens (tertiary/aromatic N) is 2. The topological polar surface area (TPSA) is 76.1 Å². The maximum atomic E-state index is 9.78. The second-order valence-electron chi connectivity index (χ2n) is 8.50. The van der Waals surface area contributed by atoms with E-state index in [9.17, 15) is 5.11 Å². The SMILES string of the molecule is CCC(c1cnc(NOCC2(c3ccc4c(c3)OCO4)CC2)s1)N1CCC(O)CC1. The van der Waals surface area contributed by atoms with Gasteiger partial charge in [0.05, 0.1) is 12.7 Å². The molecule has 5 rings (SSSR count). The normalized spacial score (nSPS) is 21.5. The highest BCUT2D eigenvalue weighted by atomic mass is 32.1. The van der Waals surface area contributed by atoms with Crippen molar-refractivity contribution in [2.24, 2.45) is 0 Å². The third-order valence-corrected chi connectivity index (χ3v) is 7.52. The van der Waals surface area contributed by atoms with Gasteiger partial charge >= 0.3 is 0 Å². The molecule has 1 aromatic carbocycles. The molecule has 8 heteroatoms. The zero-order chi connectivity index (χ0) is 20.6. The van der Waals surface area contributed by atoms with Crippen LogP contribution < -0.4 is 15.0 Å². The summed E-state index contributed by atoms with van der Waals surface area (Å²) in [6.07, 6.45) is 6.76. The first kappa shape index (κ1) is 20.1. The van der Waals surface area contributed by atoms with Crippen LogP contribution in [0.15, 0.2) is 24.4 Å². The number of hydrogen-bond donors (Lipinski definition) is 2. The predicted molar refractivity (Wildman–Crippen MR) is 115 cm³/mol. The van der Waals surface area contributed by atoms with Gasteiger partial charge < -0.3 is 14.6 Å². The van der Waals surface area contributed by atoms with Crippen LogP contribution >= 0.6 is 11.3 Å². The Hall–Kier alpha value is -1.87. The predicted octanol–water partition coefficient (Wildman–Crippen LogP) is 3.85. The van der Waals surface area contributed by atoms with E-state index in [2.05, 4.69) is 34.4 Å². The number of piperidine rings is 1. The van der Waals surface area contributed by atoms with Crippen LogP contribution in [0.2, 0.25) is 0 Å². The molecule has 0 bridgehead atoms. The molecular formula is C22H29N3O4S. The zero-order valence-corrected chi connectivity index (χ0v) is 18.1. The van der Waals surface area contributed by atoms with Crippen molar-refractivity contribution in [1.82, 2.24) is 9.88 Å². The lowest BCUT2D eigenvalue weighted by atomic mass is 9.97. The molecule has 2 aliphatic heterocycles. The van der Waals surface area contributed by atoms with Crippen molar-refractivity contribution in [1.29, 1.82) is 0 Å². The lowest BCUT2D eigenvalue weighted by Gasteiger charge is -2.35. The molecule has 162 valence electrons. The van der Waals surface area contributed by atoms with Crippen molar-refractivity contribution < 1.29 is 19.4 Å². The van der Waals surface area contributed by atoms with Gasteiger partial charge in [-0.15, -0.1) is 0 Å². The molecule has 0 radical (unpaired) electrons. The molecule has 1 aliphatic carbocycles. The Labute approximate surface area is 180 Å². The number of hydrogen-bond acceptors (Lipinski definition) is 8. The Balaban J connectivity index is 1.17. The quantitative estimate of drug-likeness (QED) is 0.615. The minimum Gasteiger partial charge on any atom is -0.454 e. The summed E-state index contributed by atoms with van der Waals surface area (Å²) < 4.78 is 10.9. The van der Waals surface area contributed by atoms with E-state index in [1.54, 1.807) is 11.3 Å². The average Bonchev–Trinajstić information content (AvgIpc) is 3.17. The maximum Gasteiger partial charge on any atom is 0.231 e. The lowest BCUT2D eigenvalue weighted by molar-refractivity contribution is 0.0600. The smallest absolute Gasteiger partial charge is 0.231 e. The van der Waals surface area contributed by atoms with Crippen LogP contribution in [0.3, 0.4) is 0 Å². The fourth-order valence-electron chi connectivity index (χ4n) is 4.45. The first-order valence-corrected chi connectivity index (χ1v) is 11.6. The number of anilines is 1. The Morgan fingerprint density at radius 3 is 2.87 bits per heavy atom. The van der Waals surface area contributed by atoms with E-state index >= 15 is 0 Å². The van der Waals surface area contributed by atoms with E-state index in [-0.39, 0.29) is 11.5 Å². The molecule has 3 heterocycles.